The maximum absolute atomic E-state index is 12.0. The van der Waals surface area contributed by atoms with Crippen LogP contribution in [0.15, 0.2) is 0 Å². The van der Waals surface area contributed by atoms with Crippen LogP contribution in [0.1, 0.15) is 34.6 Å². The van der Waals surface area contributed by atoms with Crippen LogP contribution in [-0.4, -0.2) is 26.4 Å². The zero-order valence-electron chi connectivity index (χ0n) is 10.5. The number of amides is 1. The molecule has 0 bridgehead atoms. The van der Waals surface area contributed by atoms with Gasteiger partial charge < -0.3 is 0 Å². The van der Waals surface area contributed by atoms with Gasteiger partial charge in [-0.3, -0.25) is 14.3 Å². The molecule has 0 heterocycles. The van der Waals surface area contributed by atoms with Gasteiger partial charge in [-0.1, -0.05) is 20.8 Å². The monoisotopic (exact) mass is 249 g/mol. The molecule has 0 aromatic carbocycles. The minimum absolute atomic E-state index is 0.304. The smallest absolute Gasteiger partial charge is 0.246 e. The third-order valence-corrected chi connectivity index (χ3v) is 2.65. The van der Waals surface area contributed by atoms with Gasteiger partial charge in [0.15, 0.2) is 5.78 Å². The van der Waals surface area contributed by atoms with E-state index in [2.05, 4.69) is 0 Å². The summed E-state index contributed by atoms with van der Waals surface area (Å²) < 4.78 is 23.7. The van der Waals surface area contributed by atoms with E-state index in [1.165, 1.54) is 13.8 Å². The van der Waals surface area contributed by atoms with E-state index in [0.717, 1.165) is 6.26 Å². The summed E-state index contributed by atoms with van der Waals surface area (Å²) in [5.41, 5.74) is -2.06. The summed E-state index contributed by atoms with van der Waals surface area (Å²) in [4.78, 5) is 23.6. The molecule has 6 heteroatoms. The van der Waals surface area contributed by atoms with Crippen LogP contribution in [0.4, 0.5) is 0 Å². The van der Waals surface area contributed by atoms with Crippen LogP contribution in [0, 0.1) is 10.8 Å². The molecular formula is C10H19NO4S. The highest BCUT2D eigenvalue weighted by atomic mass is 32.2. The molecule has 0 aliphatic rings. The fourth-order valence-electron chi connectivity index (χ4n) is 1.34. The van der Waals surface area contributed by atoms with Crippen LogP contribution in [0.5, 0.6) is 0 Å². The predicted octanol–water partition coefficient (Wildman–Crippen LogP) is 0.704. The number of ketones is 1. The molecule has 16 heavy (non-hydrogen) atoms. The number of carbonyl (C=O) groups is 2. The molecule has 0 unspecified atom stereocenters. The van der Waals surface area contributed by atoms with Crippen molar-refractivity contribution in [1.29, 1.82) is 0 Å². The molecule has 0 aliphatic carbocycles. The molecule has 5 nitrogen and oxygen atoms in total. The zero-order valence-corrected chi connectivity index (χ0v) is 11.4. The lowest BCUT2D eigenvalue weighted by Crippen LogP contribution is -2.48. The Morgan fingerprint density at radius 3 is 1.62 bits per heavy atom. The number of sulfonamides is 1. The van der Waals surface area contributed by atoms with E-state index < -0.39 is 26.8 Å². The zero-order chi connectivity index (χ0) is 13.4. The largest absolute Gasteiger partial charge is 0.298 e. The SMILES string of the molecule is CC(C)(C)C(=O)C(C)(C)C(=O)NS(C)(=O)=O. The Kier molecular flexibility index (Phi) is 3.92. The first-order valence-electron chi connectivity index (χ1n) is 4.85. The van der Waals surface area contributed by atoms with Gasteiger partial charge >= 0.3 is 0 Å². The average Bonchev–Trinajstić information content (AvgIpc) is 1.97. The van der Waals surface area contributed by atoms with Crippen molar-refractivity contribution in [3.63, 3.8) is 0 Å². The van der Waals surface area contributed by atoms with Crippen molar-refractivity contribution < 1.29 is 18.0 Å². The number of hydrogen-bond donors (Lipinski definition) is 1. The van der Waals surface area contributed by atoms with Gasteiger partial charge in [0.2, 0.25) is 15.9 Å². The van der Waals surface area contributed by atoms with Gasteiger partial charge in [-0.25, -0.2) is 8.42 Å². The number of carbonyl (C=O) groups excluding carboxylic acids is 2. The van der Waals surface area contributed by atoms with Gasteiger partial charge in [-0.2, -0.15) is 0 Å². The second-order valence-electron chi connectivity index (χ2n) is 5.41. The molecule has 0 aromatic heterocycles. The normalized spacial score (nSPS) is 13.4. The maximum Gasteiger partial charge on any atom is 0.246 e. The van der Waals surface area contributed by atoms with Gasteiger partial charge in [0.05, 0.1) is 6.26 Å². The van der Waals surface area contributed by atoms with E-state index in [-0.39, 0.29) is 5.78 Å². The first-order valence-corrected chi connectivity index (χ1v) is 6.75. The van der Waals surface area contributed by atoms with Crippen LogP contribution in [-0.2, 0) is 19.6 Å². The minimum atomic E-state index is -3.64. The van der Waals surface area contributed by atoms with Crippen molar-refractivity contribution in [3.05, 3.63) is 0 Å². The van der Waals surface area contributed by atoms with Crippen molar-refractivity contribution in [2.45, 2.75) is 34.6 Å². The van der Waals surface area contributed by atoms with Gasteiger partial charge in [0.1, 0.15) is 5.41 Å². The summed E-state index contributed by atoms with van der Waals surface area (Å²) in [6, 6.07) is 0. The summed E-state index contributed by atoms with van der Waals surface area (Å²) in [6.07, 6.45) is 0.878. The number of Topliss-reactive ketones (excluding diaryl/α,β-unsaturated/α-hetero) is 1. The maximum atomic E-state index is 12.0. The molecular weight excluding hydrogens is 230 g/mol. The summed E-state index contributed by atoms with van der Waals surface area (Å²) in [6.45, 7) is 7.89. The van der Waals surface area contributed by atoms with Gasteiger partial charge in [0.25, 0.3) is 0 Å². The fourth-order valence-corrected chi connectivity index (χ4v) is 1.93. The van der Waals surface area contributed by atoms with Crippen LogP contribution < -0.4 is 4.72 Å². The van der Waals surface area contributed by atoms with E-state index in [1.54, 1.807) is 20.8 Å². The van der Waals surface area contributed by atoms with Crippen molar-refractivity contribution in [3.8, 4) is 0 Å². The Morgan fingerprint density at radius 2 is 1.38 bits per heavy atom. The van der Waals surface area contributed by atoms with Crippen LogP contribution >= 0.6 is 0 Å². The molecule has 0 radical (unpaired) electrons. The highest BCUT2D eigenvalue weighted by Gasteiger charge is 2.42. The molecule has 0 aliphatic heterocycles. The lowest BCUT2D eigenvalue weighted by molar-refractivity contribution is -0.143. The van der Waals surface area contributed by atoms with Gasteiger partial charge in [-0.15, -0.1) is 0 Å². The molecule has 0 atom stereocenters. The lowest BCUT2D eigenvalue weighted by Gasteiger charge is -2.29. The Hall–Kier alpha value is -0.910. The quantitative estimate of drug-likeness (QED) is 0.747. The summed E-state index contributed by atoms with van der Waals surface area (Å²) in [5.74, 6) is -1.10. The molecule has 1 amide bonds. The van der Waals surface area contributed by atoms with Crippen LogP contribution in [0.3, 0.4) is 0 Å². The van der Waals surface area contributed by atoms with Gasteiger partial charge in [0, 0.05) is 5.41 Å². The molecule has 0 saturated heterocycles. The van der Waals surface area contributed by atoms with Crippen LogP contribution in [0.25, 0.3) is 0 Å². The summed E-state index contributed by atoms with van der Waals surface area (Å²) in [5, 5.41) is 0. The Labute approximate surface area is 96.7 Å². The average molecular weight is 249 g/mol. The molecule has 94 valence electrons. The highest BCUT2D eigenvalue weighted by molar-refractivity contribution is 7.89. The molecule has 0 saturated carbocycles. The van der Waals surface area contributed by atoms with Crippen molar-refractivity contribution in [1.82, 2.24) is 4.72 Å². The first-order chi connectivity index (χ1) is 6.78. The summed E-state index contributed by atoms with van der Waals surface area (Å²) in [7, 11) is -3.64. The molecule has 0 rings (SSSR count). The lowest BCUT2D eigenvalue weighted by atomic mass is 9.74. The number of hydrogen-bond acceptors (Lipinski definition) is 4. The van der Waals surface area contributed by atoms with E-state index in [9.17, 15) is 18.0 Å². The van der Waals surface area contributed by atoms with E-state index in [4.69, 9.17) is 0 Å². The molecule has 1 N–H and O–H groups in total. The Bertz CT molecular complexity index is 401. The Morgan fingerprint density at radius 1 is 1.00 bits per heavy atom. The number of rotatable bonds is 3. The first kappa shape index (κ1) is 15.1. The van der Waals surface area contributed by atoms with E-state index >= 15 is 0 Å². The second kappa shape index (κ2) is 4.16. The van der Waals surface area contributed by atoms with E-state index in [0.29, 0.717) is 0 Å². The highest BCUT2D eigenvalue weighted by Crippen LogP contribution is 2.29. The van der Waals surface area contributed by atoms with E-state index in [1.807, 2.05) is 4.72 Å². The molecule has 0 spiro atoms. The second-order valence-corrected chi connectivity index (χ2v) is 7.16. The van der Waals surface area contributed by atoms with Crippen LogP contribution in [0.2, 0.25) is 0 Å². The predicted molar refractivity (Wildman–Crippen MR) is 61.2 cm³/mol. The van der Waals surface area contributed by atoms with Crippen molar-refractivity contribution in [2.75, 3.05) is 6.26 Å². The standard InChI is InChI=1S/C10H19NO4S/c1-9(2,3)7(12)10(4,5)8(13)11-16(6,14)15/h1-6H3,(H,11,13). The third kappa shape index (κ3) is 3.92. The Balaban J connectivity index is 5.09. The molecule has 0 fully saturated rings. The summed E-state index contributed by atoms with van der Waals surface area (Å²) >= 11 is 0. The third-order valence-electron chi connectivity index (χ3n) is 2.09. The minimum Gasteiger partial charge on any atom is -0.298 e. The fraction of sp³-hybridized carbons (Fsp3) is 0.800. The molecule has 0 aromatic rings. The van der Waals surface area contributed by atoms with Gasteiger partial charge in [-0.05, 0) is 13.8 Å². The number of nitrogens with one attached hydrogen (secondary N) is 1. The van der Waals surface area contributed by atoms with Crippen molar-refractivity contribution >= 4 is 21.7 Å². The topological polar surface area (TPSA) is 80.3 Å². The van der Waals surface area contributed by atoms with Crippen molar-refractivity contribution in [2.24, 2.45) is 10.8 Å².